The number of nitro groups is 1. The highest BCUT2D eigenvalue weighted by Gasteiger charge is 2.24. The van der Waals surface area contributed by atoms with Gasteiger partial charge in [-0.15, -0.1) is 0 Å². The number of methoxy groups -OCH3 is 1. The van der Waals surface area contributed by atoms with Crippen LogP contribution in [0.5, 0.6) is 0 Å². The monoisotopic (exact) mass is 463 g/mol. The minimum absolute atomic E-state index is 0.0314. The maximum Gasteiger partial charge on any atom is 0.354 e. The van der Waals surface area contributed by atoms with Crippen molar-refractivity contribution in [3.8, 4) is 17.2 Å². The molecule has 0 bridgehead atoms. The molecule has 34 heavy (non-hydrogen) atoms. The molecule has 2 heterocycles. The highest BCUT2D eigenvalue weighted by atomic mass is 19.1. The number of aromatic nitrogens is 1. The third-order valence-electron chi connectivity index (χ3n) is 5.78. The summed E-state index contributed by atoms with van der Waals surface area (Å²) in [5, 5.41) is 23.9. The molecule has 1 N–H and O–H groups in total. The van der Waals surface area contributed by atoms with Gasteiger partial charge in [0.15, 0.2) is 5.82 Å². The summed E-state index contributed by atoms with van der Waals surface area (Å²) in [4.78, 5) is 25.4. The van der Waals surface area contributed by atoms with Crippen LogP contribution in [-0.2, 0) is 11.3 Å². The van der Waals surface area contributed by atoms with E-state index in [-0.39, 0.29) is 23.5 Å². The fourth-order valence-electron chi connectivity index (χ4n) is 4.03. The van der Waals surface area contributed by atoms with E-state index in [1.807, 2.05) is 4.90 Å². The number of nitriles is 1. The molecule has 1 aromatic heterocycles. The van der Waals surface area contributed by atoms with Crippen LogP contribution in [-0.4, -0.2) is 48.7 Å². The number of carbonyl (C=O) groups is 1. The van der Waals surface area contributed by atoms with Crippen LogP contribution in [0, 0.1) is 27.3 Å². The van der Waals surface area contributed by atoms with Crippen LogP contribution >= 0.6 is 0 Å². The summed E-state index contributed by atoms with van der Waals surface area (Å²) in [5.74, 6) is -1.26. The van der Waals surface area contributed by atoms with Gasteiger partial charge in [-0.05, 0) is 29.8 Å². The number of esters is 1. The number of hydrogen-bond donors (Lipinski definition) is 1. The van der Waals surface area contributed by atoms with Crippen LogP contribution in [0.25, 0.3) is 11.1 Å². The number of halogens is 1. The van der Waals surface area contributed by atoms with Crippen LogP contribution in [0.1, 0.15) is 21.6 Å². The van der Waals surface area contributed by atoms with Crippen molar-refractivity contribution in [2.75, 3.05) is 38.2 Å². The standard InChI is InChI=1S/C24H22FN5O4/c1-34-24(31)23-10-18(17-4-2-16(13-26)3-5-17)14-29(23)15-19-11-22(28-8-6-27-7-9-28)20(25)12-21(19)30(32)33/h2-5,10-12,14,27H,6-9,15H2,1H3. The minimum Gasteiger partial charge on any atom is -0.464 e. The number of nitro benzene ring substituents is 1. The number of anilines is 1. The van der Waals surface area contributed by atoms with Gasteiger partial charge in [0.25, 0.3) is 5.69 Å². The van der Waals surface area contributed by atoms with Gasteiger partial charge in [0, 0.05) is 37.9 Å². The Labute approximate surface area is 195 Å². The molecule has 0 unspecified atom stereocenters. The summed E-state index contributed by atoms with van der Waals surface area (Å²) in [6.45, 7) is 2.49. The van der Waals surface area contributed by atoms with E-state index in [0.29, 0.717) is 43.0 Å². The molecule has 0 atom stereocenters. The Kier molecular flexibility index (Phi) is 6.56. The van der Waals surface area contributed by atoms with E-state index in [9.17, 15) is 19.3 Å². The SMILES string of the molecule is COC(=O)c1cc(-c2ccc(C#N)cc2)cn1Cc1cc(N2CCNCC2)c(F)cc1[N+](=O)[O-]. The number of nitrogens with one attached hydrogen (secondary N) is 1. The lowest BCUT2D eigenvalue weighted by molar-refractivity contribution is -0.385. The quantitative estimate of drug-likeness (QED) is 0.339. The molecule has 0 radical (unpaired) electrons. The molecule has 174 valence electrons. The summed E-state index contributed by atoms with van der Waals surface area (Å²) >= 11 is 0. The van der Waals surface area contributed by atoms with E-state index in [4.69, 9.17) is 10.00 Å². The maximum atomic E-state index is 14.8. The van der Waals surface area contributed by atoms with Crippen molar-refractivity contribution in [2.24, 2.45) is 0 Å². The molecule has 10 heteroatoms. The second kappa shape index (κ2) is 9.72. The molecule has 0 spiro atoms. The van der Waals surface area contributed by atoms with Crippen molar-refractivity contribution in [3.05, 3.63) is 81.4 Å². The predicted octanol–water partition coefficient (Wildman–Crippen LogP) is 3.32. The Morgan fingerprint density at radius 2 is 1.91 bits per heavy atom. The maximum absolute atomic E-state index is 14.8. The summed E-state index contributed by atoms with van der Waals surface area (Å²) in [6, 6.07) is 12.9. The van der Waals surface area contributed by atoms with Gasteiger partial charge in [0.05, 0.1) is 47.5 Å². The molecule has 0 amide bonds. The van der Waals surface area contributed by atoms with Gasteiger partial charge in [-0.25, -0.2) is 9.18 Å². The van der Waals surface area contributed by atoms with E-state index in [1.165, 1.54) is 13.2 Å². The Morgan fingerprint density at radius 1 is 1.21 bits per heavy atom. The number of rotatable bonds is 6. The van der Waals surface area contributed by atoms with Gasteiger partial charge in [-0.3, -0.25) is 10.1 Å². The summed E-state index contributed by atoms with van der Waals surface area (Å²) in [7, 11) is 1.25. The molecule has 0 saturated carbocycles. The van der Waals surface area contributed by atoms with E-state index >= 15 is 0 Å². The highest BCUT2D eigenvalue weighted by Crippen LogP contribution is 2.31. The topological polar surface area (TPSA) is 113 Å². The minimum atomic E-state index is -0.656. The number of piperazine rings is 1. The first kappa shape index (κ1) is 22.9. The Balaban J connectivity index is 1.77. The third kappa shape index (κ3) is 4.60. The first-order valence-electron chi connectivity index (χ1n) is 10.6. The Bertz CT molecular complexity index is 1270. The van der Waals surface area contributed by atoms with Crippen molar-refractivity contribution in [2.45, 2.75) is 6.54 Å². The molecule has 9 nitrogen and oxygen atoms in total. The molecular weight excluding hydrogens is 441 g/mol. The fourth-order valence-corrected chi connectivity index (χ4v) is 4.03. The van der Waals surface area contributed by atoms with Gasteiger partial charge in [0.2, 0.25) is 0 Å². The number of ether oxygens (including phenoxy) is 1. The first-order chi connectivity index (χ1) is 16.4. The zero-order valence-electron chi connectivity index (χ0n) is 18.5. The summed E-state index contributed by atoms with van der Waals surface area (Å²) in [5.41, 5.74) is 2.34. The molecule has 1 aliphatic heterocycles. The molecule has 1 saturated heterocycles. The average molecular weight is 463 g/mol. The lowest BCUT2D eigenvalue weighted by Crippen LogP contribution is -2.44. The average Bonchev–Trinajstić information content (AvgIpc) is 3.28. The molecule has 4 rings (SSSR count). The van der Waals surface area contributed by atoms with Gasteiger partial charge < -0.3 is 19.5 Å². The number of nitrogens with zero attached hydrogens (tertiary/aromatic N) is 4. The number of carbonyl (C=O) groups excluding carboxylic acids is 1. The molecule has 2 aromatic carbocycles. The van der Waals surface area contributed by atoms with E-state index in [0.717, 1.165) is 11.6 Å². The Morgan fingerprint density at radius 3 is 2.53 bits per heavy atom. The van der Waals surface area contributed by atoms with Crippen molar-refractivity contribution < 1.29 is 18.8 Å². The van der Waals surface area contributed by atoms with Gasteiger partial charge in [0.1, 0.15) is 5.69 Å². The first-order valence-corrected chi connectivity index (χ1v) is 10.6. The fraction of sp³-hybridized carbons (Fsp3) is 0.250. The van der Waals surface area contributed by atoms with Crippen LogP contribution in [0.15, 0.2) is 48.7 Å². The van der Waals surface area contributed by atoms with Crippen LogP contribution in [0.4, 0.5) is 15.8 Å². The van der Waals surface area contributed by atoms with Gasteiger partial charge >= 0.3 is 5.97 Å². The second-order valence-electron chi connectivity index (χ2n) is 7.85. The van der Waals surface area contributed by atoms with Gasteiger partial charge in [-0.1, -0.05) is 12.1 Å². The molecular formula is C24H22FN5O4. The van der Waals surface area contributed by atoms with Crippen molar-refractivity contribution in [3.63, 3.8) is 0 Å². The zero-order chi connectivity index (χ0) is 24.2. The van der Waals surface area contributed by atoms with Crippen LogP contribution in [0.2, 0.25) is 0 Å². The highest BCUT2D eigenvalue weighted by molar-refractivity contribution is 5.90. The number of benzene rings is 2. The van der Waals surface area contributed by atoms with Crippen molar-refractivity contribution in [1.29, 1.82) is 5.26 Å². The van der Waals surface area contributed by atoms with Crippen molar-refractivity contribution >= 4 is 17.3 Å². The summed E-state index contributed by atoms with van der Waals surface area (Å²) in [6.07, 6.45) is 1.69. The lowest BCUT2D eigenvalue weighted by atomic mass is 10.1. The number of hydrogen-bond acceptors (Lipinski definition) is 7. The summed E-state index contributed by atoms with van der Waals surface area (Å²) < 4.78 is 21.3. The third-order valence-corrected chi connectivity index (χ3v) is 5.78. The molecule has 1 aliphatic rings. The normalized spacial score (nSPS) is 13.4. The largest absolute Gasteiger partial charge is 0.464 e. The second-order valence-corrected chi connectivity index (χ2v) is 7.85. The predicted molar refractivity (Wildman–Crippen MR) is 123 cm³/mol. The van der Waals surface area contributed by atoms with E-state index in [2.05, 4.69) is 11.4 Å². The lowest BCUT2D eigenvalue weighted by Gasteiger charge is -2.30. The van der Waals surface area contributed by atoms with E-state index < -0.39 is 16.7 Å². The molecule has 1 fully saturated rings. The van der Waals surface area contributed by atoms with E-state index in [1.54, 1.807) is 41.1 Å². The van der Waals surface area contributed by atoms with Crippen LogP contribution < -0.4 is 10.2 Å². The molecule has 3 aromatic rings. The molecule has 0 aliphatic carbocycles. The zero-order valence-corrected chi connectivity index (χ0v) is 18.5. The smallest absolute Gasteiger partial charge is 0.354 e. The van der Waals surface area contributed by atoms with Crippen LogP contribution in [0.3, 0.4) is 0 Å². The van der Waals surface area contributed by atoms with Gasteiger partial charge in [-0.2, -0.15) is 5.26 Å². The Hall–Kier alpha value is -4.23. The van der Waals surface area contributed by atoms with Crippen molar-refractivity contribution in [1.82, 2.24) is 9.88 Å².